The third-order valence-corrected chi connectivity index (χ3v) is 2.60. The first-order valence-corrected chi connectivity index (χ1v) is 5.80. The maximum Gasteiger partial charge on any atom is 0.416 e. The standard InChI is InChI=1S/C13H12F3N3O/c1-19-6-5-11(18-19)17-12(20)8-9-3-2-4-10(7-9)13(14,15)16/h2-7H,8H2,1H3,(H,17,18,20). The fraction of sp³-hybridized carbons (Fsp3) is 0.231. The normalized spacial score (nSPS) is 11.4. The first-order valence-electron chi connectivity index (χ1n) is 5.80. The van der Waals surface area contributed by atoms with Gasteiger partial charge in [0.25, 0.3) is 0 Å². The number of amides is 1. The first kappa shape index (κ1) is 14.1. The Hall–Kier alpha value is -2.31. The summed E-state index contributed by atoms with van der Waals surface area (Å²) in [7, 11) is 1.70. The molecular formula is C13H12F3N3O. The molecule has 0 fully saturated rings. The van der Waals surface area contributed by atoms with E-state index in [1.165, 1.54) is 16.8 Å². The summed E-state index contributed by atoms with van der Waals surface area (Å²) in [6.45, 7) is 0. The van der Waals surface area contributed by atoms with Crippen LogP contribution in [0.15, 0.2) is 36.5 Å². The summed E-state index contributed by atoms with van der Waals surface area (Å²) in [5.41, 5.74) is -0.464. The van der Waals surface area contributed by atoms with Crippen LogP contribution in [0.1, 0.15) is 11.1 Å². The minimum Gasteiger partial charge on any atom is -0.309 e. The molecule has 1 heterocycles. The summed E-state index contributed by atoms with van der Waals surface area (Å²) >= 11 is 0. The third kappa shape index (κ3) is 3.59. The molecule has 7 heteroatoms. The van der Waals surface area contributed by atoms with Crippen LogP contribution < -0.4 is 5.32 Å². The Bertz CT molecular complexity index is 619. The van der Waals surface area contributed by atoms with Crippen LogP contribution in [0.25, 0.3) is 0 Å². The van der Waals surface area contributed by atoms with Crippen molar-refractivity contribution in [2.75, 3.05) is 5.32 Å². The van der Waals surface area contributed by atoms with Gasteiger partial charge in [-0.2, -0.15) is 18.3 Å². The Morgan fingerprint density at radius 3 is 2.70 bits per heavy atom. The zero-order chi connectivity index (χ0) is 14.8. The summed E-state index contributed by atoms with van der Waals surface area (Å²) in [5, 5.41) is 6.47. The lowest BCUT2D eigenvalue weighted by Crippen LogP contribution is -2.15. The summed E-state index contributed by atoms with van der Waals surface area (Å²) in [6.07, 6.45) is -2.89. The molecule has 2 rings (SSSR count). The van der Waals surface area contributed by atoms with Crippen LogP contribution in [-0.2, 0) is 24.4 Å². The summed E-state index contributed by atoms with van der Waals surface area (Å²) in [4.78, 5) is 11.7. The van der Waals surface area contributed by atoms with Gasteiger partial charge in [0.2, 0.25) is 5.91 Å². The van der Waals surface area contributed by atoms with Crippen molar-refractivity contribution in [3.05, 3.63) is 47.7 Å². The lowest BCUT2D eigenvalue weighted by atomic mass is 10.1. The topological polar surface area (TPSA) is 46.9 Å². The van der Waals surface area contributed by atoms with Crippen molar-refractivity contribution in [1.82, 2.24) is 9.78 Å². The number of carbonyl (C=O) groups is 1. The molecule has 0 saturated carbocycles. The van der Waals surface area contributed by atoms with Crippen LogP contribution in [0, 0.1) is 0 Å². The number of rotatable bonds is 3. The number of aryl methyl sites for hydroxylation is 1. The Morgan fingerprint density at radius 2 is 2.10 bits per heavy atom. The zero-order valence-electron chi connectivity index (χ0n) is 10.6. The largest absolute Gasteiger partial charge is 0.416 e. The molecule has 106 valence electrons. The molecule has 0 aliphatic rings. The quantitative estimate of drug-likeness (QED) is 0.941. The van der Waals surface area contributed by atoms with E-state index >= 15 is 0 Å². The van der Waals surface area contributed by atoms with Gasteiger partial charge >= 0.3 is 6.18 Å². The Kier molecular flexibility index (Phi) is 3.78. The average Bonchev–Trinajstić information content (AvgIpc) is 2.73. The van der Waals surface area contributed by atoms with E-state index < -0.39 is 17.6 Å². The van der Waals surface area contributed by atoms with Crippen LogP contribution in [0.4, 0.5) is 19.0 Å². The fourth-order valence-corrected chi connectivity index (χ4v) is 1.71. The molecule has 1 aromatic heterocycles. The second-order valence-corrected chi connectivity index (χ2v) is 4.30. The predicted molar refractivity (Wildman–Crippen MR) is 67.0 cm³/mol. The highest BCUT2D eigenvalue weighted by Gasteiger charge is 2.30. The van der Waals surface area contributed by atoms with Gasteiger partial charge in [-0.3, -0.25) is 9.48 Å². The molecule has 0 spiro atoms. The predicted octanol–water partition coefficient (Wildman–Crippen LogP) is 2.62. The highest BCUT2D eigenvalue weighted by molar-refractivity contribution is 5.91. The van der Waals surface area contributed by atoms with E-state index in [0.29, 0.717) is 11.4 Å². The molecule has 0 radical (unpaired) electrons. The molecule has 0 aliphatic carbocycles. The Balaban J connectivity index is 2.04. The molecule has 0 unspecified atom stereocenters. The highest BCUT2D eigenvalue weighted by Crippen LogP contribution is 2.29. The van der Waals surface area contributed by atoms with Gasteiger partial charge < -0.3 is 5.32 Å². The second-order valence-electron chi connectivity index (χ2n) is 4.30. The van der Waals surface area contributed by atoms with Crippen LogP contribution in [0.3, 0.4) is 0 Å². The lowest BCUT2D eigenvalue weighted by molar-refractivity contribution is -0.137. The minimum absolute atomic E-state index is 0.138. The van der Waals surface area contributed by atoms with Crippen molar-refractivity contribution in [1.29, 1.82) is 0 Å². The van der Waals surface area contributed by atoms with Gasteiger partial charge in [0.05, 0.1) is 12.0 Å². The Morgan fingerprint density at radius 1 is 1.35 bits per heavy atom. The molecule has 0 aliphatic heterocycles. The molecule has 20 heavy (non-hydrogen) atoms. The van der Waals surface area contributed by atoms with Gasteiger partial charge in [-0.15, -0.1) is 0 Å². The van der Waals surface area contributed by atoms with Gasteiger partial charge in [0.1, 0.15) is 0 Å². The fourth-order valence-electron chi connectivity index (χ4n) is 1.71. The van der Waals surface area contributed by atoms with Gasteiger partial charge in [-0.05, 0) is 11.6 Å². The SMILES string of the molecule is Cn1ccc(NC(=O)Cc2cccc(C(F)(F)F)c2)n1. The molecule has 0 atom stereocenters. The van der Waals surface area contributed by atoms with Crippen molar-refractivity contribution in [2.24, 2.45) is 7.05 Å². The zero-order valence-corrected chi connectivity index (χ0v) is 10.6. The third-order valence-electron chi connectivity index (χ3n) is 2.60. The van der Waals surface area contributed by atoms with Crippen molar-refractivity contribution in [3.63, 3.8) is 0 Å². The average molecular weight is 283 g/mol. The maximum absolute atomic E-state index is 12.5. The number of carbonyl (C=O) groups excluding carboxylic acids is 1. The van der Waals surface area contributed by atoms with Crippen molar-refractivity contribution >= 4 is 11.7 Å². The lowest BCUT2D eigenvalue weighted by Gasteiger charge is -2.08. The van der Waals surface area contributed by atoms with Gasteiger partial charge in [-0.1, -0.05) is 18.2 Å². The van der Waals surface area contributed by atoms with E-state index in [4.69, 9.17) is 0 Å². The van der Waals surface area contributed by atoms with Gasteiger partial charge in [0, 0.05) is 19.3 Å². The monoisotopic (exact) mass is 283 g/mol. The van der Waals surface area contributed by atoms with E-state index in [9.17, 15) is 18.0 Å². The number of hydrogen-bond donors (Lipinski definition) is 1. The summed E-state index contributed by atoms with van der Waals surface area (Å²) in [6, 6.07) is 6.31. The number of anilines is 1. The Labute approximate surface area is 113 Å². The van der Waals surface area contributed by atoms with Crippen LogP contribution >= 0.6 is 0 Å². The van der Waals surface area contributed by atoms with Crippen LogP contribution in [0.5, 0.6) is 0 Å². The molecule has 1 N–H and O–H groups in total. The molecule has 1 amide bonds. The number of benzene rings is 1. The molecule has 1 aromatic carbocycles. The summed E-state index contributed by atoms with van der Waals surface area (Å²) in [5.74, 6) is -0.0486. The highest BCUT2D eigenvalue weighted by atomic mass is 19.4. The maximum atomic E-state index is 12.5. The van der Waals surface area contributed by atoms with E-state index in [0.717, 1.165) is 12.1 Å². The minimum atomic E-state index is -4.41. The van der Waals surface area contributed by atoms with E-state index in [1.807, 2.05) is 0 Å². The van der Waals surface area contributed by atoms with Crippen molar-refractivity contribution < 1.29 is 18.0 Å². The molecule has 0 saturated heterocycles. The number of halogens is 3. The van der Waals surface area contributed by atoms with Crippen molar-refractivity contribution in [2.45, 2.75) is 12.6 Å². The molecular weight excluding hydrogens is 271 g/mol. The van der Waals surface area contributed by atoms with Crippen LogP contribution in [0.2, 0.25) is 0 Å². The van der Waals surface area contributed by atoms with Gasteiger partial charge in [-0.25, -0.2) is 0 Å². The van der Waals surface area contributed by atoms with Crippen LogP contribution in [-0.4, -0.2) is 15.7 Å². The number of hydrogen-bond acceptors (Lipinski definition) is 2. The van der Waals surface area contributed by atoms with E-state index in [2.05, 4.69) is 10.4 Å². The number of nitrogens with zero attached hydrogens (tertiary/aromatic N) is 2. The van der Waals surface area contributed by atoms with E-state index in [-0.39, 0.29) is 6.42 Å². The number of alkyl halides is 3. The molecule has 2 aromatic rings. The summed E-state index contributed by atoms with van der Waals surface area (Å²) < 4.78 is 39.1. The molecule has 4 nitrogen and oxygen atoms in total. The first-order chi connectivity index (χ1) is 9.34. The number of aromatic nitrogens is 2. The number of nitrogens with one attached hydrogen (secondary N) is 1. The van der Waals surface area contributed by atoms with Crippen molar-refractivity contribution in [3.8, 4) is 0 Å². The van der Waals surface area contributed by atoms with Gasteiger partial charge in [0.15, 0.2) is 5.82 Å². The smallest absolute Gasteiger partial charge is 0.309 e. The molecule has 0 bridgehead atoms. The van der Waals surface area contributed by atoms with E-state index in [1.54, 1.807) is 19.3 Å². The second kappa shape index (κ2) is 5.36.